The number of anilines is 1. The average molecular weight is 265 g/mol. The van der Waals surface area contributed by atoms with Crippen molar-refractivity contribution in [3.8, 4) is 11.3 Å². The Kier molecular flexibility index (Phi) is 2.90. The van der Waals surface area contributed by atoms with Crippen molar-refractivity contribution in [2.75, 3.05) is 12.0 Å². The molecule has 0 saturated carbocycles. The minimum Gasteiger partial charge on any atom is -0.382 e. The van der Waals surface area contributed by atoms with Gasteiger partial charge in [-0.05, 0) is 19.1 Å². The summed E-state index contributed by atoms with van der Waals surface area (Å²) in [5.41, 5.74) is 8.43. The number of sulfone groups is 1. The van der Waals surface area contributed by atoms with Crippen LogP contribution >= 0.6 is 0 Å². The van der Waals surface area contributed by atoms with Gasteiger partial charge in [-0.2, -0.15) is 5.10 Å². The van der Waals surface area contributed by atoms with E-state index in [1.165, 1.54) is 6.26 Å². The molecule has 0 unspecified atom stereocenters. The van der Waals surface area contributed by atoms with E-state index in [4.69, 9.17) is 5.73 Å². The van der Waals surface area contributed by atoms with Crippen LogP contribution in [0.2, 0.25) is 0 Å². The Labute approximate surface area is 106 Å². The molecule has 6 heteroatoms. The molecule has 0 aliphatic rings. The third-order valence-electron chi connectivity index (χ3n) is 2.88. The summed E-state index contributed by atoms with van der Waals surface area (Å²) in [4.78, 5) is 0.305. The first kappa shape index (κ1) is 12.6. The van der Waals surface area contributed by atoms with Crippen molar-refractivity contribution < 1.29 is 8.42 Å². The minimum atomic E-state index is -3.16. The third-order valence-corrected chi connectivity index (χ3v) is 4.01. The highest BCUT2D eigenvalue weighted by Gasteiger charge is 2.13. The number of nitrogen functional groups attached to an aromatic ring is 1. The van der Waals surface area contributed by atoms with Gasteiger partial charge < -0.3 is 5.73 Å². The minimum absolute atomic E-state index is 0.305. The molecule has 0 aliphatic carbocycles. The van der Waals surface area contributed by atoms with Crippen molar-refractivity contribution in [1.82, 2.24) is 9.78 Å². The Morgan fingerprint density at radius 1 is 1.22 bits per heavy atom. The number of nitrogens with two attached hydrogens (primary N) is 1. The molecule has 0 spiro atoms. The number of aromatic nitrogens is 2. The van der Waals surface area contributed by atoms with Crippen LogP contribution in [-0.4, -0.2) is 24.5 Å². The Balaban J connectivity index is 2.53. The van der Waals surface area contributed by atoms with Gasteiger partial charge in [0.1, 0.15) is 5.82 Å². The lowest BCUT2D eigenvalue weighted by atomic mass is 10.1. The maximum atomic E-state index is 11.4. The Morgan fingerprint density at radius 2 is 1.78 bits per heavy atom. The van der Waals surface area contributed by atoms with E-state index in [2.05, 4.69) is 5.10 Å². The average Bonchev–Trinajstić information content (AvgIpc) is 2.52. The lowest BCUT2D eigenvalue weighted by molar-refractivity contribution is 0.602. The lowest BCUT2D eigenvalue weighted by Crippen LogP contribution is -1.98. The summed E-state index contributed by atoms with van der Waals surface area (Å²) >= 11 is 0. The van der Waals surface area contributed by atoms with Crippen molar-refractivity contribution in [2.45, 2.75) is 11.8 Å². The fourth-order valence-electron chi connectivity index (χ4n) is 1.91. The molecule has 0 aliphatic heterocycles. The molecule has 0 saturated heterocycles. The van der Waals surface area contributed by atoms with Crippen molar-refractivity contribution in [3.05, 3.63) is 29.8 Å². The second-order valence-electron chi connectivity index (χ2n) is 4.28. The summed E-state index contributed by atoms with van der Waals surface area (Å²) < 4.78 is 24.5. The van der Waals surface area contributed by atoms with Crippen LogP contribution < -0.4 is 5.73 Å². The first-order valence-electron chi connectivity index (χ1n) is 5.40. The third kappa shape index (κ3) is 2.11. The maximum Gasteiger partial charge on any atom is 0.175 e. The molecule has 0 atom stereocenters. The van der Waals surface area contributed by atoms with Gasteiger partial charge in [0.15, 0.2) is 9.84 Å². The van der Waals surface area contributed by atoms with Gasteiger partial charge in [0.25, 0.3) is 0 Å². The quantitative estimate of drug-likeness (QED) is 0.889. The highest BCUT2D eigenvalue weighted by molar-refractivity contribution is 7.90. The van der Waals surface area contributed by atoms with Crippen LogP contribution in [0.5, 0.6) is 0 Å². The van der Waals surface area contributed by atoms with Gasteiger partial charge in [0, 0.05) is 24.4 Å². The lowest BCUT2D eigenvalue weighted by Gasteiger charge is -2.05. The Bertz CT molecular complexity index is 685. The van der Waals surface area contributed by atoms with E-state index in [1.54, 1.807) is 28.9 Å². The van der Waals surface area contributed by atoms with Crippen molar-refractivity contribution in [2.24, 2.45) is 7.05 Å². The fraction of sp³-hybridized carbons (Fsp3) is 0.250. The molecule has 0 amide bonds. The highest BCUT2D eigenvalue weighted by atomic mass is 32.2. The van der Waals surface area contributed by atoms with Crippen LogP contribution in [0.4, 0.5) is 5.82 Å². The van der Waals surface area contributed by atoms with E-state index < -0.39 is 9.84 Å². The normalized spacial score (nSPS) is 11.7. The van der Waals surface area contributed by atoms with Gasteiger partial charge in [-0.3, -0.25) is 4.68 Å². The molecule has 5 nitrogen and oxygen atoms in total. The molecule has 1 aromatic carbocycles. The molecule has 96 valence electrons. The number of benzene rings is 1. The van der Waals surface area contributed by atoms with Gasteiger partial charge in [-0.25, -0.2) is 8.42 Å². The summed E-state index contributed by atoms with van der Waals surface area (Å²) in [6.07, 6.45) is 1.19. The molecule has 2 N–H and O–H groups in total. The second-order valence-corrected chi connectivity index (χ2v) is 6.29. The topological polar surface area (TPSA) is 78.0 Å². The molecule has 18 heavy (non-hydrogen) atoms. The smallest absolute Gasteiger partial charge is 0.175 e. The van der Waals surface area contributed by atoms with E-state index in [0.717, 1.165) is 16.8 Å². The number of rotatable bonds is 2. The number of aryl methyl sites for hydroxylation is 1. The van der Waals surface area contributed by atoms with Crippen LogP contribution in [0.25, 0.3) is 11.3 Å². The van der Waals surface area contributed by atoms with Gasteiger partial charge in [-0.15, -0.1) is 0 Å². The van der Waals surface area contributed by atoms with Gasteiger partial charge in [-0.1, -0.05) is 12.1 Å². The molecule has 0 radical (unpaired) electrons. The van der Waals surface area contributed by atoms with Crippen LogP contribution in [-0.2, 0) is 16.9 Å². The number of hydrogen-bond donors (Lipinski definition) is 1. The van der Waals surface area contributed by atoms with E-state index in [1.807, 2.05) is 14.0 Å². The van der Waals surface area contributed by atoms with E-state index in [9.17, 15) is 8.42 Å². The van der Waals surface area contributed by atoms with Crippen LogP contribution in [0.1, 0.15) is 5.56 Å². The fourth-order valence-corrected chi connectivity index (χ4v) is 2.54. The molecule has 0 bridgehead atoms. The first-order valence-corrected chi connectivity index (χ1v) is 7.29. The van der Waals surface area contributed by atoms with E-state index in [0.29, 0.717) is 10.7 Å². The van der Waals surface area contributed by atoms with Crippen LogP contribution in [0.3, 0.4) is 0 Å². The molecule has 1 aromatic heterocycles. The van der Waals surface area contributed by atoms with Gasteiger partial charge >= 0.3 is 0 Å². The van der Waals surface area contributed by atoms with Crippen molar-refractivity contribution in [3.63, 3.8) is 0 Å². The SMILES string of the molecule is Cc1c(N)nn(C)c1-c1ccc(S(C)(=O)=O)cc1. The van der Waals surface area contributed by atoms with Gasteiger partial charge in [0.05, 0.1) is 10.6 Å². The number of hydrogen-bond acceptors (Lipinski definition) is 4. The second kappa shape index (κ2) is 4.13. The standard InChI is InChI=1S/C12H15N3O2S/c1-8-11(15(2)14-12(8)13)9-4-6-10(7-5-9)18(3,16)17/h4-7H,1-3H3,(H2,13,14). The Hall–Kier alpha value is -1.82. The van der Waals surface area contributed by atoms with E-state index in [-0.39, 0.29) is 0 Å². The molecule has 2 rings (SSSR count). The van der Waals surface area contributed by atoms with Gasteiger partial charge in [0.2, 0.25) is 0 Å². The van der Waals surface area contributed by atoms with E-state index >= 15 is 0 Å². The monoisotopic (exact) mass is 265 g/mol. The summed E-state index contributed by atoms with van der Waals surface area (Å²) in [5, 5.41) is 4.13. The summed E-state index contributed by atoms with van der Waals surface area (Å²) in [6, 6.07) is 6.71. The molecule has 2 aromatic rings. The summed E-state index contributed by atoms with van der Waals surface area (Å²) in [6.45, 7) is 1.89. The Morgan fingerprint density at radius 3 is 2.17 bits per heavy atom. The first-order chi connectivity index (χ1) is 8.30. The van der Waals surface area contributed by atoms with Crippen molar-refractivity contribution in [1.29, 1.82) is 0 Å². The number of nitrogens with zero attached hydrogens (tertiary/aromatic N) is 2. The molecular weight excluding hydrogens is 250 g/mol. The van der Waals surface area contributed by atoms with Crippen LogP contribution in [0, 0.1) is 6.92 Å². The molecule has 1 heterocycles. The summed E-state index contributed by atoms with van der Waals surface area (Å²) in [7, 11) is -1.36. The largest absolute Gasteiger partial charge is 0.382 e. The zero-order valence-corrected chi connectivity index (χ0v) is 11.3. The zero-order chi connectivity index (χ0) is 13.5. The highest BCUT2D eigenvalue weighted by Crippen LogP contribution is 2.27. The predicted molar refractivity (Wildman–Crippen MR) is 70.9 cm³/mol. The summed E-state index contributed by atoms with van der Waals surface area (Å²) in [5.74, 6) is 0.486. The molecular formula is C12H15N3O2S. The zero-order valence-electron chi connectivity index (χ0n) is 10.5. The molecule has 0 fully saturated rings. The van der Waals surface area contributed by atoms with Crippen molar-refractivity contribution >= 4 is 15.7 Å². The predicted octanol–water partition coefficient (Wildman–Crippen LogP) is 1.38. The maximum absolute atomic E-state index is 11.4. The van der Waals surface area contributed by atoms with Crippen LogP contribution in [0.15, 0.2) is 29.2 Å².